The highest BCUT2D eigenvalue weighted by Gasteiger charge is 2.10. The summed E-state index contributed by atoms with van der Waals surface area (Å²) in [7, 11) is 0. The summed E-state index contributed by atoms with van der Waals surface area (Å²) in [6, 6.07) is 49.0. The molecule has 0 N–H and O–H groups in total. The van der Waals surface area contributed by atoms with E-state index in [-0.39, 0.29) is 0 Å². The van der Waals surface area contributed by atoms with Crippen LogP contribution in [0.25, 0.3) is 0 Å². The SMILES string of the molecule is c1ccc(C(=Nc2ccc(Cc3ccc(N=C(c4ccccc4)c4ccccn4)cc3)cc2)c2ccccn2)cc1. The van der Waals surface area contributed by atoms with E-state index >= 15 is 0 Å². The first-order valence-electron chi connectivity index (χ1n) is 13.6. The van der Waals surface area contributed by atoms with Crippen molar-refractivity contribution in [3.63, 3.8) is 0 Å². The van der Waals surface area contributed by atoms with Crippen molar-refractivity contribution in [3.8, 4) is 0 Å². The average molecular weight is 529 g/mol. The normalized spacial score (nSPS) is 11.8. The third kappa shape index (κ3) is 6.57. The number of aromatic nitrogens is 2. The van der Waals surface area contributed by atoms with E-state index in [9.17, 15) is 0 Å². The summed E-state index contributed by atoms with van der Waals surface area (Å²) in [6.45, 7) is 0. The predicted octanol–water partition coefficient (Wildman–Crippen LogP) is 8.41. The summed E-state index contributed by atoms with van der Waals surface area (Å²) in [4.78, 5) is 19.0. The lowest BCUT2D eigenvalue weighted by Gasteiger charge is -2.08. The van der Waals surface area contributed by atoms with Crippen LogP contribution in [0.3, 0.4) is 0 Å². The zero-order valence-electron chi connectivity index (χ0n) is 22.5. The Morgan fingerprint density at radius 2 is 0.805 bits per heavy atom. The van der Waals surface area contributed by atoms with Crippen LogP contribution in [0, 0.1) is 0 Å². The zero-order valence-corrected chi connectivity index (χ0v) is 22.5. The molecular weight excluding hydrogens is 500 g/mol. The smallest absolute Gasteiger partial charge is 0.0965 e. The van der Waals surface area contributed by atoms with Crippen molar-refractivity contribution < 1.29 is 0 Å². The van der Waals surface area contributed by atoms with Gasteiger partial charge in [0.25, 0.3) is 0 Å². The number of aliphatic imine (C=N–C) groups is 2. The minimum absolute atomic E-state index is 0.825. The molecule has 41 heavy (non-hydrogen) atoms. The van der Waals surface area contributed by atoms with Crippen LogP contribution in [0.4, 0.5) is 11.4 Å². The van der Waals surface area contributed by atoms with Crippen molar-refractivity contribution in [2.24, 2.45) is 9.98 Å². The molecular formula is C37H28N4. The zero-order chi connectivity index (χ0) is 27.7. The fraction of sp³-hybridized carbons (Fsp3) is 0.0270. The van der Waals surface area contributed by atoms with E-state index in [0.717, 1.165) is 51.7 Å². The quantitative estimate of drug-likeness (QED) is 0.186. The standard InChI is InChI=1S/C37H28N4/c1-3-11-30(12-4-1)36(34-15-7-9-25-38-34)40-32-21-17-28(18-22-32)27-29-19-23-33(24-20-29)41-37(31-13-5-2-6-14-31)35-16-8-10-26-39-35/h1-26H,27H2. The minimum Gasteiger partial charge on any atom is -0.255 e. The van der Waals surface area contributed by atoms with E-state index in [2.05, 4.69) is 82.8 Å². The van der Waals surface area contributed by atoms with E-state index in [0.29, 0.717) is 0 Å². The molecule has 0 spiro atoms. The van der Waals surface area contributed by atoms with Crippen molar-refractivity contribution in [1.82, 2.24) is 9.97 Å². The molecule has 4 heteroatoms. The lowest BCUT2D eigenvalue weighted by Crippen LogP contribution is -2.05. The topological polar surface area (TPSA) is 50.5 Å². The third-order valence-corrected chi connectivity index (χ3v) is 6.67. The Balaban J connectivity index is 1.21. The van der Waals surface area contributed by atoms with Gasteiger partial charge in [-0.05, 0) is 66.1 Å². The lowest BCUT2D eigenvalue weighted by molar-refractivity contribution is 1.19. The molecule has 2 aromatic heterocycles. The minimum atomic E-state index is 0.825. The van der Waals surface area contributed by atoms with Gasteiger partial charge in [-0.1, -0.05) is 97.1 Å². The third-order valence-electron chi connectivity index (χ3n) is 6.67. The molecule has 0 saturated carbocycles. The average Bonchev–Trinajstić information content (AvgIpc) is 3.06. The molecule has 0 fully saturated rings. The monoisotopic (exact) mass is 528 g/mol. The second-order valence-electron chi connectivity index (χ2n) is 9.59. The van der Waals surface area contributed by atoms with E-state index < -0.39 is 0 Å². The molecule has 6 aromatic rings. The van der Waals surface area contributed by atoms with Gasteiger partial charge in [-0.15, -0.1) is 0 Å². The summed E-state index contributed by atoms with van der Waals surface area (Å²) in [5.74, 6) is 0. The molecule has 0 aliphatic carbocycles. The van der Waals surface area contributed by atoms with Gasteiger partial charge in [-0.25, -0.2) is 9.98 Å². The van der Waals surface area contributed by atoms with Crippen LogP contribution in [-0.4, -0.2) is 21.4 Å². The van der Waals surface area contributed by atoms with Crippen LogP contribution in [-0.2, 0) is 6.42 Å². The molecule has 4 nitrogen and oxygen atoms in total. The first kappa shape index (κ1) is 25.8. The molecule has 0 aliphatic rings. The van der Waals surface area contributed by atoms with Gasteiger partial charge in [0.05, 0.1) is 34.2 Å². The molecule has 0 unspecified atom stereocenters. The molecule has 0 bridgehead atoms. The predicted molar refractivity (Wildman–Crippen MR) is 168 cm³/mol. The van der Waals surface area contributed by atoms with Gasteiger partial charge in [0.2, 0.25) is 0 Å². The molecule has 0 saturated heterocycles. The van der Waals surface area contributed by atoms with Crippen LogP contribution >= 0.6 is 0 Å². The first-order valence-corrected chi connectivity index (χ1v) is 13.6. The maximum atomic E-state index is 4.97. The van der Waals surface area contributed by atoms with E-state index in [1.165, 1.54) is 11.1 Å². The van der Waals surface area contributed by atoms with Gasteiger partial charge in [0, 0.05) is 23.5 Å². The summed E-state index contributed by atoms with van der Waals surface area (Å²) < 4.78 is 0. The van der Waals surface area contributed by atoms with E-state index in [4.69, 9.17) is 9.98 Å². The van der Waals surface area contributed by atoms with Crippen LogP contribution in [0.1, 0.15) is 33.6 Å². The maximum absolute atomic E-state index is 4.97. The fourth-order valence-corrected chi connectivity index (χ4v) is 4.61. The van der Waals surface area contributed by atoms with E-state index in [1.54, 1.807) is 12.4 Å². The molecule has 6 rings (SSSR count). The Hall–Kier alpha value is -5.48. The lowest BCUT2D eigenvalue weighted by atomic mass is 10.0. The molecule has 0 atom stereocenters. The summed E-state index contributed by atoms with van der Waals surface area (Å²) >= 11 is 0. The van der Waals surface area contributed by atoms with Crippen molar-refractivity contribution in [1.29, 1.82) is 0 Å². The number of pyridine rings is 2. The van der Waals surface area contributed by atoms with Crippen molar-refractivity contribution in [2.45, 2.75) is 6.42 Å². The number of nitrogens with zero attached hydrogens (tertiary/aromatic N) is 4. The van der Waals surface area contributed by atoms with Crippen molar-refractivity contribution in [3.05, 3.63) is 192 Å². The van der Waals surface area contributed by atoms with Crippen molar-refractivity contribution in [2.75, 3.05) is 0 Å². The number of rotatable bonds is 8. The molecule has 2 heterocycles. The summed E-state index contributed by atoms with van der Waals surface area (Å²) in [5.41, 5.74) is 9.72. The number of hydrogen-bond donors (Lipinski definition) is 0. The Bertz CT molecular complexity index is 1530. The molecule has 196 valence electrons. The summed E-state index contributed by atoms with van der Waals surface area (Å²) in [5, 5.41) is 0. The first-order chi connectivity index (χ1) is 20.3. The Kier molecular flexibility index (Phi) is 7.91. The highest BCUT2D eigenvalue weighted by molar-refractivity contribution is 6.13. The van der Waals surface area contributed by atoms with Gasteiger partial charge in [-0.3, -0.25) is 9.97 Å². The van der Waals surface area contributed by atoms with Crippen LogP contribution < -0.4 is 0 Å². The number of hydrogen-bond acceptors (Lipinski definition) is 4. The Morgan fingerprint density at radius 3 is 1.17 bits per heavy atom. The van der Waals surface area contributed by atoms with Crippen LogP contribution in [0.5, 0.6) is 0 Å². The van der Waals surface area contributed by atoms with E-state index in [1.807, 2.05) is 72.8 Å². The second-order valence-corrected chi connectivity index (χ2v) is 9.59. The van der Waals surface area contributed by atoms with Gasteiger partial charge in [0.15, 0.2) is 0 Å². The fourth-order valence-electron chi connectivity index (χ4n) is 4.61. The van der Waals surface area contributed by atoms with Gasteiger partial charge in [0.1, 0.15) is 0 Å². The largest absolute Gasteiger partial charge is 0.255 e. The second kappa shape index (κ2) is 12.6. The van der Waals surface area contributed by atoms with Gasteiger partial charge < -0.3 is 0 Å². The van der Waals surface area contributed by atoms with Crippen LogP contribution in [0.2, 0.25) is 0 Å². The molecule has 4 aromatic carbocycles. The maximum Gasteiger partial charge on any atom is 0.0965 e. The molecule has 0 radical (unpaired) electrons. The number of benzene rings is 4. The Labute approximate surface area is 240 Å². The molecule has 0 aliphatic heterocycles. The van der Waals surface area contributed by atoms with Gasteiger partial charge >= 0.3 is 0 Å². The summed E-state index contributed by atoms with van der Waals surface area (Å²) in [6.07, 6.45) is 4.43. The van der Waals surface area contributed by atoms with Crippen LogP contribution in [0.15, 0.2) is 168 Å². The molecule has 0 amide bonds. The highest BCUT2D eigenvalue weighted by atomic mass is 14.8. The van der Waals surface area contributed by atoms with Gasteiger partial charge in [-0.2, -0.15) is 0 Å². The Morgan fingerprint density at radius 1 is 0.415 bits per heavy atom. The van der Waals surface area contributed by atoms with Crippen molar-refractivity contribution >= 4 is 22.8 Å². The highest BCUT2D eigenvalue weighted by Crippen LogP contribution is 2.22.